The highest BCUT2D eigenvalue weighted by Crippen LogP contribution is 2.36. The molecule has 0 spiro atoms. The van der Waals surface area contributed by atoms with E-state index < -0.39 is 0 Å². The molecule has 3 nitrogen and oxygen atoms in total. The quantitative estimate of drug-likeness (QED) is 0.758. The minimum absolute atomic E-state index is 0.346. The standard InChI is InChI=1S/C15H16N2O/c16-10-11-3-1-4-12(7-11)17-13-5-2-6-14(17)9-15(18)8-13/h1,3-4,7,13-14H,2,5-6,8-9H2. The minimum Gasteiger partial charge on any atom is -0.365 e. The Morgan fingerprint density at radius 2 is 1.94 bits per heavy atom. The van der Waals surface area contributed by atoms with Gasteiger partial charge >= 0.3 is 0 Å². The molecule has 2 aliphatic rings. The highest BCUT2D eigenvalue weighted by molar-refractivity contribution is 5.82. The number of rotatable bonds is 1. The lowest BCUT2D eigenvalue weighted by Crippen LogP contribution is -2.52. The third-order valence-electron chi connectivity index (χ3n) is 4.06. The molecule has 0 N–H and O–H groups in total. The highest BCUT2D eigenvalue weighted by atomic mass is 16.1. The average molecular weight is 240 g/mol. The Morgan fingerprint density at radius 3 is 2.61 bits per heavy atom. The molecule has 0 radical (unpaired) electrons. The Labute approximate surface area is 107 Å². The summed E-state index contributed by atoms with van der Waals surface area (Å²) >= 11 is 0. The maximum Gasteiger partial charge on any atom is 0.137 e. The van der Waals surface area contributed by atoms with Gasteiger partial charge in [-0.1, -0.05) is 6.07 Å². The number of benzene rings is 1. The van der Waals surface area contributed by atoms with Crippen LogP contribution in [0.2, 0.25) is 0 Å². The Balaban J connectivity index is 1.95. The number of hydrogen-bond donors (Lipinski definition) is 0. The zero-order chi connectivity index (χ0) is 12.5. The van der Waals surface area contributed by atoms with Crippen LogP contribution >= 0.6 is 0 Å². The summed E-state index contributed by atoms with van der Waals surface area (Å²) in [5.41, 5.74) is 1.80. The van der Waals surface area contributed by atoms with Crippen molar-refractivity contribution in [2.45, 2.75) is 44.2 Å². The number of carbonyl (C=O) groups is 1. The molecule has 3 rings (SSSR count). The van der Waals surface area contributed by atoms with Crippen molar-refractivity contribution in [1.82, 2.24) is 0 Å². The zero-order valence-electron chi connectivity index (χ0n) is 10.3. The fourth-order valence-electron chi connectivity index (χ4n) is 3.33. The van der Waals surface area contributed by atoms with Gasteiger partial charge in [0.15, 0.2) is 0 Å². The summed E-state index contributed by atoms with van der Waals surface area (Å²) in [6, 6.07) is 10.6. The van der Waals surface area contributed by atoms with Gasteiger partial charge in [-0.15, -0.1) is 0 Å². The number of anilines is 1. The van der Waals surface area contributed by atoms with Gasteiger partial charge in [-0.25, -0.2) is 0 Å². The van der Waals surface area contributed by atoms with E-state index in [1.807, 2.05) is 18.2 Å². The molecular formula is C15H16N2O. The maximum atomic E-state index is 11.7. The van der Waals surface area contributed by atoms with Crippen LogP contribution in [0.4, 0.5) is 5.69 Å². The molecule has 0 saturated carbocycles. The van der Waals surface area contributed by atoms with Crippen molar-refractivity contribution in [3.63, 3.8) is 0 Å². The van der Waals surface area contributed by atoms with Crippen molar-refractivity contribution < 1.29 is 4.79 Å². The molecule has 2 aliphatic heterocycles. The Morgan fingerprint density at radius 1 is 1.22 bits per heavy atom. The molecule has 3 heteroatoms. The molecule has 0 amide bonds. The molecule has 2 bridgehead atoms. The second-order valence-electron chi connectivity index (χ2n) is 5.25. The maximum absolute atomic E-state index is 11.7. The van der Waals surface area contributed by atoms with Gasteiger partial charge in [-0.05, 0) is 37.5 Å². The van der Waals surface area contributed by atoms with Crippen molar-refractivity contribution in [2.24, 2.45) is 0 Å². The van der Waals surface area contributed by atoms with Crippen LogP contribution in [0.25, 0.3) is 0 Å². The molecule has 2 fully saturated rings. The molecule has 1 aromatic rings. The van der Waals surface area contributed by atoms with Gasteiger partial charge in [-0.2, -0.15) is 5.26 Å². The van der Waals surface area contributed by atoms with E-state index in [0.717, 1.165) is 18.5 Å². The van der Waals surface area contributed by atoms with Crippen molar-refractivity contribution in [3.05, 3.63) is 29.8 Å². The van der Waals surface area contributed by atoms with Crippen LogP contribution in [0.1, 0.15) is 37.7 Å². The van der Waals surface area contributed by atoms with Crippen LogP contribution in [0, 0.1) is 11.3 Å². The van der Waals surface area contributed by atoms with Crippen LogP contribution in [-0.4, -0.2) is 17.9 Å². The van der Waals surface area contributed by atoms with Gasteiger partial charge in [0.1, 0.15) is 5.78 Å². The number of hydrogen-bond acceptors (Lipinski definition) is 3. The Bertz CT molecular complexity index is 501. The monoisotopic (exact) mass is 240 g/mol. The van der Waals surface area contributed by atoms with Crippen LogP contribution in [-0.2, 0) is 4.79 Å². The van der Waals surface area contributed by atoms with Crippen LogP contribution in [0.15, 0.2) is 24.3 Å². The van der Waals surface area contributed by atoms with Crippen molar-refractivity contribution in [1.29, 1.82) is 5.26 Å². The van der Waals surface area contributed by atoms with E-state index in [0.29, 0.717) is 36.3 Å². The van der Waals surface area contributed by atoms with Crippen molar-refractivity contribution in [3.8, 4) is 6.07 Å². The summed E-state index contributed by atoms with van der Waals surface area (Å²) in [5.74, 6) is 0.400. The van der Waals surface area contributed by atoms with Crippen molar-refractivity contribution >= 4 is 11.5 Å². The molecule has 0 aliphatic carbocycles. The lowest BCUT2D eigenvalue weighted by Gasteiger charge is -2.47. The number of piperidine rings is 2. The molecule has 2 unspecified atom stereocenters. The van der Waals surface area contributed by atoms with Gasteiger partial charge in [-0.3, -0.25) is 4.79 Å². The van der Waals surface area contributed by atoms with E-state index in [-0.39, 0.29) is 0 Å². The third-order valence-corrected chi connectivity index (χ3v) is 4.06. The summed E-state index contributed by atoms with van der Waals surface area (Å²) in [6.45, 7) is 0. The molecule has 2 saturated heterocycles. The molecule has 18 heavy (non-hydrogen) atoms. The summed E-state index contributed by atoms with van der Waals surface area (Å²) in [5, 5.41) is 8.98. The predicted molar refractivity (Wildman–Crippen MR) is 69.3 cm³/mol. The van der Waals surface area contributed by atoms with E-state index in [9.17, 15) is 4.79 Å². The number of nitrogens with zero attached hydrogens (tertiary/aromatic N) is 2. The fourth-order valence-corrected chi connectivity index (χ4v) is 3.33. The number of nitriles is 1. The first-order valence-corrected chi connectivity index (χ1v) is 6.58. The fraction of sp³-hybridized carbons (Fsp3) is 0.467. The van der Waals surface area contributed by atoms with Crippen LogP contribution < -0.4 is 4.90 Å². The van der Waals surface area contributed by atoms with Gasteiger partial charge in [0, 0.05) is 30.6 Å². The normalized spacial score (nSPS) is 26.8. The Kier molecular flexibility index (Phi) is 2.79. The van der Waals surface area contributed by atoms with E-state index >= 15 is 0 Å². The van der Waals surface area contributed by atoms with E-state index in [1.54, 1.807) is 0 Å². The first-order chi connectivity index (χ1) is 8.78. The number of ketones is 1. The molecule has 2 heterocycles. The van der Waals surface area contributed by atoms with Gasteiger partial charge in [0.2, 0.25) is 0 Å². The average Bonchev–Trinajstić information content (AvgIpc) is 2.37. The SMILES string of the molecule is N#Cc1cccc(N2C3CCCC2CC(=O)C3)c1. The van der Waals surface area contributed by atoms with Gasteiger partial charge in [0.25, 0.3) is 0 Å². The summed E-state index contributed by atoms with van der Waals surface area (Å²) in [7, 11) is 0. The summed E-state index contributed by atoms with van der Waals surface area (Å²) in [6.07, 6.45) is 4.76. The second-order valence-corrected chi connectivity index (χ2v) is 5.25. The smallest absolute Gasteiger partial charge is 0.137 e. The Hall–Kier alpha value is -1.82. The first-order valence-electron chi connectivity index (χ1n) is 6.58. The molecule has 1 aromatic carbocycles. The molecule has 92 valence electrons. The second kappa shape index (κ2) is 4.45. The van der Waals surface area contributed by atoms with E-state index in [2.05, 4.69) is 17.0 Å². The van der Waals surface area contributed by atoms with E-state index in [4.69, 9.17) is 5.26 Å². The topological polar surface area (TPSA) is 44.1 Å². The first kappa shape index (κ1) is 11.3. The van der Waals surface area contributed by atoms with Gasteiger partial charge in [0.05, 0.1) is 11.6 Å². The lowest BCUT2D eigenvalue weighted by atomic mass is 9.83. The summed E-state index contributed by atoms with van der Waals surface area (Å²) in [4.78, 5) is 14.1. The van der Waals surface area contributed by atoms with Crippen LogP contribution in [0.3, 0.4) is 0 Å². The van der Waals surface area contributed by atoms with E-state index in [1.165, 1.54) is 6.42 Å². The number of carbonyl (C=O) groups excluding carboxylic acids is 1. The highest BCUT2D eigenvalue weighted by Gasteiger charge is 2.37. The third kappa shape index (κ3) is 1.88. The zero-order valence-corrected chi connectivity index (χ0v) is 10.3. The van der Waals surface area contributed by atoms with Crippen molar-refractivity contribution in [2.75, 3.05) is 4.90 Å². The lowest BCUT2D eigenvalue weighted by molar-refractivity contribution is -0.121. The number of fused-ring (bicyclic) bond motifs is 2. The predicted octanol–water partition coefficient (Wildman–Crippen LogP) is 2.65. The number of Topliss-reactive ketones (excluding diaryl/α,β-unsaturated/α-hetero) is 1. The van der Waals surface area contributed by atoms with Crippen LogP contribution in [0.5, 0.6) is 0 Å². The molecule has 0 aromatic heterocycles. The molecule has 2 atom stereocenters. The largest absolute Gasteiger partial charge is 0.365 e. The summed E-state index contributed by atoms with van der Waals surface area (Å²) < 4.78 is 0. The molecular weight excluding hydrogens is 224 g/mol. The van der Waals surface area contributed by atoms with Gasteiger partial charge < -0.3 is 4.90 Å². The minimum atomic E-state index is 0.346.